The Labute approximate surface area is 159 Å². The van der Waals surface area contributed by atoms with Gasteiger partial charge >= 0.3 is 0 Å². The van der Waals surface area contributed by atoms with E-state index in [0.29, 0.717) is 56.3 Å². The van der Waals surface area contributed by atoms with Crippen molar-refractivity contribution in [1.82, 2.24) is 9.80 Å². The van der Waals surface area contributed by atoms with Gasteiger partial charge in [-0.2, -0.15) is 0 Å². The van der Waals surface area contributed by atoms with Gasteiger partial charge in [0, 0.05) is 31.7 Å². The van der Waals surface area contributed by atoms with Gasteiger partial charge in [0.25, 0.3) is 5.91 Å². The number of methoxy groups -OCH3 is 1. The lowest BCUT2D eigenvalue weighted by Gasteiger charge is -2.34. The smallest absolute Gasteiger partial charge is 0.253 e. The van der Waals surface area contributed by atoms with E-state index < -0.39 is 0 Å². The fraction of sp³-hybridized carbons (Fsp3) is 0.333. The third kappa shape index (κ3) is 4.78. The number of para-hydroxylation sites is 2. The van der Waals surface area contributed by atoms with E-state index in [1.54, 1.807) is 16.9 Å². The molecule has 2 amide bonds. The summed E-state index contributed by atoms with van der Waals surface area (Å²) in [6, 6.07) is 16.6. The molecule has 0 spiro atoms. The molecule has 6 nitrogen and oxygen atoms in total. The molecule has 1 saturated heterocycles. The largest absolute Gasteiger partial charge is 0.493 e. The summed E-state index contributed by atoms with van der Waals surface area (Å²) < 4.78 is 10.9. The predicted molar refractivity (Wildman–Crippen MR) is 102 cm³/mol. The van der Waals surface area contributed by atoms with Crippen molar-refractivity contribution in [1.29, 1.82) is 0 Å². The van der Waals surface area contributed by atoms with Crippen LogP contribution in [0.4, 0.5) is 0 Å². The van der Waals surface area contributed by atoms with Gasteiger partial charge < -0.3 is 19.3 Å². The highest BCUT2D eigenvalue weighted by Crippen LogP contribution is 2.25. The molecule has 0 atom stereocenters. The number of carbonyl (C=O) groups is 2. The maximum atomic E-state index is 12.5. The molecule has 2 aromatic carbocycles. The van der Waals surface area contributed by atoms with Gasteiger partial charge in [-0.1, -0.05) is 30.3 Å². The summed E-state index contributed by atoms with van der Waals surface area (Å²) in [5, 5.41) is 0. The zero-order chi connectivity index (χ0) is 19.1. The summed E-state index contributed by atoms with van der Waals surface area (Å²) in [4.78, 5) is 28.4. The van der Waals surface area contributed by atoms with E-state index in [1.165, 1.54) is 0 Å². The maximum Gasteiger partial charge on any atom is 0.253 e. The number of nitrogens with zero attached hydrogens (tertiary/aromatic N) is 2. The van der Waals surface area contributed by atoms with Gasteiger partial charge in [0.2, 0.25) is 5.91 Å². The monoisotopic (exact) mass is 368 g/mol. The topological polar surface area (TPSA) is 59.1 Å². The predicted octanol–water partition coefficient (Wildman–Crippen LogP) is 2.45. The number of hydrogen-bond acceptors (Lipinski definition) is 4. The van der Waals surface area contributed by atoms with Crippen LogP contribution in [0.3, 0.4) is 0 Å². The zero-order valence-electron chi connectivity index (χ0n) is 15.5. The van der Waals surface area contributed by atoms with Crippen molar-refractivity contribution in [3.05, 3.63) is 60.2 Å². The van der Waals surface area contributed by atoms with Crippen LogP contribution < -0.4 is 9.47 Å². The Morgan fingerprint density at radius 1 is 0.852 bits per heavy atom. The third-order valence-electron chi connectivity index (χ3n) is 4.58. The standard InChI is InChI=1S/C21H24N2O4/c1-26-18-9-5-6-10-19(18)27-16-11-20(24)22-12-14-23(15-13-22)21(25)17-7-3-2-4-8-17/h2-10H,11-16H2,1H3. The SMILES string of the molecule is COc1ccccc1OCCC(=O)N1CCN(C(=O)c2ccccc2)CC1. The molecule has 0 radical (unpaired) electrons. The minimum absolute atomic E-state index is 0.0159. The Balaban J connectivity index is 1.44. The molecule has 1 aliphatic rings. The first-order valence-electron chi connectivity index (χ1n) is 9.07. The number of piperazine rings is 1. The van der Waals surface area contributed by atoms with Crippen LogP contribution in [0, 0.1) is 0 Å². The van der Waals surface area contributed by atoms with Gasteiger partial charge in [0.15, 0.2) is 11.5 Å². The molecule has 3 rings (SSSR count). The highest BCUT2D eigenvalue weighted by molar-refractivity contribution is 5.94. The molecular weight excluding hydrogens is 344 g/mol. The first kappa shape index (κ1) is 18.8. The number of benzene rings is 2. The van der Waals surface area contributed by atoms with Gasteiger partial charge in [-0.15, -0.1) is 0 Å². The van der Waals surface area contributed by atoms with Gasteiger partial charge in [-0.3, -0.25) is 9.59 Å². The highest BCUT2D eigenvalue weighted by Gasteiger charge is 2.24. The van der Waals surface area contributed by atoms with Crippen molar-refractivity contribution < 1.29 is 19.1 Å². The van der Waals surface area contributed by atoms with Crippen molar-refractivity contribution in [3.63, 3.8) is 0 Å². The van der Waals surface area contributed by atoms with Gasteiger partial charge in [0.1, 0.15) is 0 Å². The van der Waals surface area contributed by atoms with Crippen molar-refractivity contribution in [2.24, 2.45) is 0 Å². The summed E-state index contributed by atoms with van der Waals surface area (Å²) in [7, 11) is 1.59. The van der Waals surface area contributed by atoms with Crippen LogP contribution in [0.5, 0.6) is 11.5 Å². The zero-order valence-corrected chi connectivity index (χ0v) is 15.5. The number of ether oxygens (including phenoxy) is 2. The number of rotatable bonds is 6. The lowest BCUT2D eigenvalue weighted by atomic mass is 10.2. The van der Waals surface area contributed by atoms with E-state index in [0.717, 1.165) is 0 Å². The quantitative estimate of drug-likeness (QED) is 0.786. The Kier molecular flexibility index (Phi) is 6.30. The van der Waals surface area contributed by atoms with E-state index in [1.807, 2.05) is 54.6 Å². The van der Waals surface area contributed by atoms with Crippen LogP contribution in [-0.4, -0.2) is 61.5 Å². The Bertz CT molecular complexity index is 771. The maximum absolute atomic E-state index is 12.5. The molecule has 2 aromatic rings. The average Bonchev–Trinajstić information content (AvgIpc) is 2.74. The molecule has 0 aromatic heterocycles. The number of amides is 2. The van der Waals surface area contributed by atoms with Crippen LogP contribution in [0.1, 0.15) is 16.8 Å². The second-order valence-corrected chi connectivity index (χ2v) is 6.29. The summed E-state index contributed by atoms with van der Waals surface area (Å²) >= 11 is 0. The molecule has 1 fully saturated rings. The van der Waals surface area contributed by atoms with Crippen molar-refractivity contribution >= 4 is 11.8 Å². The summed E-state index contributed by atoms with van der Waals surface area (Å²) in [6.45, 7) is 2.49. The Morgan fingerprint density at radius 2 is 1.44 bits per heavy atom. The average molecular weight is 368 g/mol. The van der Waals surface area contributed by atoms with E-state index in [4.69, 9.17) is 9.47 Å². The molecule has 0 unspecified atom stereocenters. The molecule has 0 aliphatic carbocycles. The van der Waals surface area contributed by atoms with E-state index in [9.17, 15) is 9.59 Å². The summed E-state index contributed by atoms with van der Waals surface area (Å²) in [5.74, 6) is 1.34. The fourth-order valence-corrected chi connectivity index (χ4v) is 3.07. The third-order valence-corrected chi connectivity index (χ3v) is 4.58. The molecule has 27 heavy (non-hydrogen) atoms. The fourth-order valence-electron chi connectivity index (χ4n) is 3.07. The lowest BCUT2D eigenvalue weighted by molar-refractivity contribution is -0.133. The van der Waals surface area contributed by atoms with Crippen molar-refractivity contribution in [2.45, 2.75) is 6.42 Å². The van der Waals surface area contributed by atoms with E-state index in [-0.39, 0.29) is 11.8 Å². The number of carbonyl (C=O) groups excluding carboxylic acids is 2. The summed E-state index contributed by atoms with van der Waals surface area (Å²) in [5.41, 5.74) is 0.683. The number of hydrogen-bond donors (Lipinski definition) is 0. The Hall–Kier alpha value is -3.02. The van der Waals surface area contributed by atoms with Crippen LogP contribution in [0.15, 0.2) is 54.6 Å². The molecule has 142 valence electrons. The minimum atomic E-state index is 0.0159. The molecule has 0 bridgehead atoms. The normalized spacial score (nSPS) is 14.0. The van der Waals surface area contributed by atoms with Crippen LogP contribution in [0.2, 0.25) is 0 Å². The van der Waals surface area contributed by atoms with Crippen LogP contribution >= 0.6 is 0 Å². The second-order valence-electron chi connectivity index (χ2n) is 6.29. The lowest BCUT2D eigenvalue weighted by Crippen LogP contribution is -2.50. The summed E-state index contributed by atoms with van der Waals surface area (Å²) in [6.07, 6.45) is 0.296. The van der Waals surface area contributed by atoms with Gasteiger partial charge in [-0.25, -0.2) is 0 Å². The molecule has 0 saturated carbocycles. The highest BCUT2D eigenvalue weighted by atomic mass is 16.5. The first-order chi connectivity index (χ1) is 13.2. The van der Waals surface area contributed by atoms with Crippen LogP contribution in [-0.2, 0) is 4.79 Å². The molecule has 1 heterocycles. The molecular formula is C21H24N2O4. The molecule has 6 heteroatoms. The first-order valence-corrected chi connectivity index (χ1v) is 9.07. The Morgan fingerprint density at radius 3 is 2.11 bits per heavy atom. The van der Waals surface area contributed by atoms with Crippen molar-refractivity contribution in [3.8, 4) is 11.5 Å². The molecule has 0 N–H and O–H groups in total. The minimum Gasteiger partial charge on any atom is -0.493 e. The van der Waals surface area contributed by atoms with Gasteiger partial charge in [0.05, 0.1) is 20.1 Å². The van der Waals surface area contributed by atoms with E-state index in [2.05, 4.69) is 0 Å². The second kappa shape index (κ2) is 9.07. The van der Waals surface area contributed by atoms with Gasteiger partial charge in [-0.05, 0) is 24.3 Å². The van der Waals surface area contributed by atoms with Crippen molar-refractivity contribution in [2.75, 3.05) is 39.9 Å². The van der Waals surface area contributed by atoms with E-state index >= 15 is 0 Å². The molecule has 1 aliphatic heterocycles. The van der Waals surface area contributed by atoms with Crippen LogP contribution in [0.25, 0.3) is 0 Å².